The summed E-state index contributed by atoms with van der Waals surface area (Å²) in [6.07, 6.45) is 3.00. The Morgan fingerprint density at radius 1 is 1.15 bits per heavy atom. The second-order valence-electron chi connectivity index (χ2n) is 5.27. The largest absolute Gasteiger partial charge is 0.398 e. The van der Waals surface area contributed by atoms with Crippen molar-refractivity contribution in [2.45, 2.75) is 52.5 Å². The molecule has 0 aliphatic rings. The van der Waals surface area contributed by atoms with Gasteiger partial charge in [0.15, 0.2) is 5.82 Å². The smallest absolute Gasteiger partial charge is 0.182 e. The van der Waals surface area contributed by atoms with E-state index in [2.05, 4.69) is 36.3 Å². The molecule has 0 unspecified atom stereocenters. The number of anilines is 1. The lowest BCUT2D eigenvalue weighted by molar-refractivity contribution is 0.223. The maximum Gasteiger partial charge on any atom is 0.182 e. The molecule has 20 heavy (non-hydrogen) atoms. The van der Waals surface area contributed by atoms with E-state index in [0.717, 1.165) is 41.9 Å². The third-order valence-corrected chi connectivity index (χ3v) is 4.43. The van der Waals surface area contributed by atoms with Crippen LogP contribution in [0.2, 0.25) is 0 Å². The van der Waals surface area contributed by atoms with Crippen molar-refractivity contribution in [2.24, 2.45) is 0 Å². The first-order chi connectivity index (χ1) is 9.57. The van der Waals surface area contributed by atoms with Crippen LogP contribution in [0.1, 0.15) is 45.6 Å². The molecule has 108 valence electrons. The number of tetrazole rings is 1. The van der Waals surface area contributed by atoms with Crippen molar-refractivity contribution < 1.29 is 0 Å². The van der Waals surface area contributed by atoms with E-state index in [0.29, 0.717) is 0 Å². The summed E-state index contributed by atoms with van der Waals surface area (Å²) >= 11 is 0. The van der Waals surface area contributed by atoms with Gasteiger partial charge in [0.2, 0.25) is 0 Å². The number of nitrogen functional groups attached to an aromatic ring is 1. The molecule has 0 amide bonds. The minimum Gasteiger partial charge on any atom is -0.398 e. The molecule has 1 aromatic carbocycles. The second kappa shape index (κ2) is 5.61. The van der Waals surface area contributed by atoms with Crippen molar-refractivity contribution in [2.75, 3.05) is 5.73 Å². The van der Waals surface area contributed by atoms with Crippen molar-refractivity contribution in [1.29, 1.82) is 0 Å². The molecule has 0 atom stereocenters. The van der Waals surface area contributed by atoms with Gasteiger partial charge in [0.05, 0.1) is 5.54 Å². The molecule has 0 aliphatic heterocycles. The van der Waals surface area contributed by atoms with E-state index < -0.39 is 0 Å². The van der Waals surface area contributed by atoms with E-state index in [-0.39, 0.29) is 5.54 Å². The summed E-state index contributed by atoms with van der Waals surface area (Å²) < 4.78 is 1.97. The molecule has 5 nitrogen and oxygen atoms in total. The quantitative estimate of drug-likeness (QED) is 0.849. The molecule has 5 heteroatoms. The van der Waals surface area contributed by atoms with Crippen molar-refractivity contribution in [3.05, 3.63) is 23.8 Å². The normalized spacial score (nSPS) is 11.8. The Balaban J connectivity index is 2.54. The SMILES string of the molecule is CCC(CC)(CC)n1nnnc1-c1ccc(C)c(N)c1. The lowest BCUT2D eigenvalue weighted by atomic mass is 9.89. The van der Waals surface area contributed by atoms with Gasteiger partial charge in [-0.3, -0.25) is 0 Å². The van der Waals surface area contributed by atoms with E-state index in [4.69, 9.17) is 5.73 Å². The van der Waals surface area contributed by atoms with E-state index in [1.807, 2.05) is 29.8 Å². The predicted molar refractivity (Wildman–Crippen MR) is 81.2 cm³/mol. The molecular weight excluding hydrogens is 250 g/mol. The van der Waals surface area contributed by atoms with Gasteiger partial charge in [-0.05, 0) is 48.2 Å². The van der Waals surface area contributed by atoms with Crippen LogP contribution >= 0.6 is 0 Å². The van der Waals surface area contributed by atoms with Crippen LogP contribution in [-0.2, 0) is 5.54 Å². The molecule has 2 rings (SSSR count). The molecule has 0 aliphatic carbocycles. The van der Waals surface area contributed by atoms with Gasteiger partial charge in [0.1, 0.15) is 0 Å². The summed E-state index contributed by atoms with van der Waals surface area (Å²) in [5.41, 5.74) is 8.79. The minimum absolute atomic E-state index is 0.0293. The fourth-order valence-electron chi connectivity index (χ4n) is 2.67. The Bertz CT molecular complexity index is 575. The highest BCUT2D eigenvalue weighted by Crippen LogP contribution is 2.32. The van der Waals surface area contributed by atoms with Crippen LogP contribution in [0.15, 0.2) is 18.2 Å². The molecular formula is C15H23N5. The van der Waals surface area contributed by atoms with Crippen molar-refractivity contribution in [3.63, 3.8) is 0 Å². The maximum atomic E-state index is 6.01. The summed E-state index contributed by atoms with van der Waals surface area (Å²) in [5.74, 6) is 0.794. The first kappa shape index (κ1) is 14.5. The van der Waals surface area contributed by atoms with E-state index in [1.54, 1.807) is 0 Å². The van der Waals surface area contributed by atoms with Crippen LogP contribution in [0.3, 0.4) is 0 Å². The number of aryl methyl sites for hydroxylation is 1. The summed E-state index contributed by atoms with van der Waals surface area (Å²) in [6, 6.07) is 5.98. The Morgan fingerprint density at radius 2 is 1.80 bits per heavy atom. The first-order valence-electron chi connectivity index (χ1n) is 7.23. The number of hydrogen-bond acceptors (Lipinski definition) is 4. The van der Waals surface area contributed by atoms with Gasteiger partial charge in [-0.1, -0.05) is 32.9 Å². The Kier molecular flexibility index (Phi) is 4.06. The molecule has 2 N–H and O–H groups in total. The molecule has 2 aromatic rings. The molecule has 0 bridgehead atoms. The Labute approximate surface area is 120 Å². The Hall–Kier alpha value is -1.91. The number of aromatic nitrogens is 4. The zero-order valence-corrected chi connectivity index (χ0v) is 12.7. The van der Waals surface area contributed by atoms with Gasteiger partial charge < -0.3 is 5.73 Å². The van der Waals surface area contributed by atoms with Crippen molar-refractivity contribution >= 4 is 5.69 Å². The summed E-state index contributed by atoms with van der Waals surface area (Å²) in [6.45, 7) is 8.54. The van der Waals surface area contributed by atoms with Crippen LogP contribution in [0.25, 0.3) is 11.4 Å². The fraction of sp³-hybridized carbons (Fsp3) is 0.533. The van der Waals surface area contributed by atoms with Gasteiger partial charge in [-0.25, -0.2) is 4.68 Å². The summed E-state index contributed by atoms with van der Waals surface area (Å²) in [7, 11) is 0. The standard InChI is InChI=1S/C15H23N5/c1-5-15(6-2,7-3)20-14(17-18-19-20)12-9-8-11(4)13(16)10-12/h8-10H,5-7,16H2,1-4H3. The highest BCUT2D eigenvalue weighted by Gasteiger charge is 2.30. The lowest BCUT2D eigenvalue weighted by Gasteiger charge is -2.31. The zero-order valence-electron chi connectivity index (χ0n) is 12.7. The Morgan fingerprint density at radius 3 is 2.35 bits per heavy atom. The van der Waals surface area contributed by atoms with Crippen LogP contribution in [0.4, 0.5) is 5.69 Å². The third kappa shape index (κ3) is 2.28. The average Bonchev–Trinajstić information content (AvgIpc) is 2.95. The van der Waals surface area contributed by atoms with Gasteiger partial charge in [0, 0.05) is 11.3 Å². The number of benzene rings is 1. The summed E-state index contributed by atoms with van der Waals surface area (Å²) in [5, 5.41) is 12.3. The van der Waals surface area contributed by atoms with E-state index >= 15 is 0 Å². The predicted octanol–water partition coefficient (Wildman–Crippen LogP) is 3.16. The van der Waals surface area contributed by atoms with Crippen LogP contribution < -0.4 is 5.73 Å². The van der Waals surface area contributed by atoms with Gasteiger partial charge in [-0.2, -0.15) is 0 Å². The van der Waals surface area contributed by atoms with Crippen molar-refractivity contribution in [3.8, 4) is 11.4 Å². The highest BCUT2D eigenvalue weighted by molar-refractivity contribution is 5.63. The number of rotatable bonds is 5. The molecule has 0 radical (unpaired) electrons. The lowest BCUT2D eigenvalue weighted by Crippen LogP contribution is -2.33. The van der Waals surface area contributed by atoms with E-state index in [9.17, 15) is 0 Å². The topological polar surface area (TPSA) is 69.6 Å². The zero-order chi connectivity index (χ0) is 14.8. The van der Waals surface area contributed by atoms with E-state index in [1.165, 1.54) is 0 Å². The minimum atomic E-state index is -0.0293. The average molecular weight is 273 g/mol. The van der Waals surface area contributed by atoms with Crippen LogP contribution in [0, 0.1) is 6.92 Å². The second-order valence-corrected chi connectivity index (χ2v) is 5.27. The first-order valence-corrected chi connectivity index (χ1v) is 7.23. The van der Waals surface area contributed by atoms with Gasteiger partial charge in [-0.15, -0.1) is 5.10 Å². The molecule has 0 saturated heterocycles. The van der Waals surface area contributed by atoms with Gasteiger partial charge in [0.25, 0.3) is 0 Å². The highest BCUT2D eigenvalue weighted by atomic mass is 15.6. The van der Waals surface area contributed by atoms with Gasteiger partial charge >= 0.3 is 0 Å². The number of nitrogens with zero attached hydrogens (tertiary/aromatic N) is 4. The maximum absolute atomic E-state index is 6.01. The molecule has 0 spiro atoms. The fourth-order valence-corrected chi connectivity index (χ4v) is 2.67. The molecule has 1 heterocycles. The number of nitrogens with two attached hydrogens (primary N) is 1. The monoisotopic (exact) mass is 273 g/mol. The van der Waals surface area contributed by atoms with Crippen LogP contribution in [-0.4, -0.2) is 20.2 Å². The third-order valence-electron chi connectivity index (χ3n) is 4.43. The van der Waals surface area contributed by atoms with Crippen LogP contribution in [0.5, 0.6) is 0 Å². The molecule has 0 saturated carbocycles. The van der Waals surface area contributed by atoms with Crippen molar-refractivity contribution in [1.82, 2.24) is 20.2 Å². The summed E-state index contributed by atoms with van der Waals surface area (Å²) in [4.78, 5) is 0. The molecule has 0 fully saturated rings. The number of hydrogen-bond donors (Lipinski definition) is 1. The molecule has 1 aromatic heterocycles.